The SMILES string of the molecule is CCC(NC(C)=O)(Oc1ccc2c(c1)OCO2)C1CCCO1. The van der Waals surface area contributed by atoms with Crippen LogP contribution in [-0.2, 0) is 9.53 Å². The minimum atomic E-state index is -0.865. The zero-order valence-corrected chi connectivity index (χ0v) is 12.9. The molecule has 0 radical (unpaired) electrons. The standard InChI is InChI=1S/C16H21NO5/c1-3-16(17-11(2)18,15-5-4-8-19-15)22-12-6-7-13-14(9-12)21-10-20-13/h6-7,9,15H,3-5,8,10H2,1-2H3,(H,17,18). The first-order valence-electron chi connectivity index (χ1n) is 7.62. The van der Waals surface area contributed by atoms with Gasteiger partial charge in [0.1, 0.15) is 11.9 Å². The van der Waals surface area contributed by atoms with Crippen LogP contribution in [0.3, 0.4) is 0 Å². The fraction of sp³-hybridized carbons (Fsp3) is 0.562. The van der Waals surface area contributed by atoms with Crippen LogP contribution in [0.15, 0.2) is 18.2 Å². The van der Waals surface area contributed by atoms with Gasteiger partial charge in [0.05, 0.1) is 0 Å². The van der Waals surface area contributed by atoms with Gasteiger partial charge in [-0.05, 0) is 25.0 Å². The highest BCUT2D eigenvalue weighted by atomic mass is 16.7. The van der Waals surface area contributed by atoms with Gasteiger partial charge < -0.3 is 24.3 Å². The lowest BCUT2D eigenvalue weighted by molar-refractivity contribution is -0.135. The van der Waals surface area contributed by atoms with Gasteiger partial charge in [0.15, 0.2) is 11.5 Å². The van der Waals surface area contributed by atoms with E-state index in [-0.39, 0.29) is 18.8 Å². The van der Waals surface area contributed by atoms with Crippen molar-refractivity contribution in [3.8, 4) is 17.2 Å². The van der Waals surface area contributed by atoms with Crippen molar-refractivity contribution >= 4 is 5.91 Å². The second kappa shape index (κ2) is 6.04. The largest absolute Gasteiger partial charge is 0.465 e. The summed E-state index contributed by atoms with van der Waals surface area (Å²) in [5.74, 6) is 1.83. The smallest absolute Gasteiger partial charge is 0.231 e. The van der Waals surface area contributed by atoms with Crippen LogP contribution in [0, 0.1) is 0 Å². The number of carbonyl (C=O) groups excluding carboxylic acids is 1. The van der Waals surface area contributed by atoms with Gasteiger partial charge in [-0.15, -0.1) is 0 Å². The number of hydrogen-bond acceptors (Lipinski definition) is 5. The van der Waals surface area contributed by atoms with Crippen LogP contribution >= 0.6 is 0 Å². The van der Waals surface area contributed by atoms with E-state index in [1.807, 2.05) is 13.0 Å². The predicted octanol–water partition coefficient (Wildman–Crippen LogP) is 2.22. The van der Waals surface area contributed by atoms with E-state index in [0.717, 1.165) is 12.8 Å². The summed E-state index contributed by atoms with van der Waals surface area (Å²) in [7, 11) is 0. The van der Waals surface area contributed by atoms with Crippen molar-refractivity contribution in [3.63, 3.8) is 0 Å². The Morgan fingerprint density at radius 3 is 2.91 bits per heavy atom. The van der Waals surface area contributed by atoms with Crippen LogP contribution < -0.4 is 19.5 Å². The molecule has 1 N–H and O–H groups in total. The van der Waals surface area contributed by atoms with Crippen LogP contribution in [0.2, 0.25) is 0 Å². The van der Waals surface area contributed by atoms with Crippen LogP contribution in [0.1, 0.15) is 33.1 Å². The average molecular weight is 307 g/mol. The fourth-order valence-corrected chi connectivity index (χ4v) is 2.95. The van der Waals surface area contributed by atoms with Gasteiger partial charge in [0.25, 0.3) is 0 Å². The van der Waals surface area contributed by atoms with Gasteiger partial charge in [-0.25, -0.2) is 0 Å². The fourth-order valence-electron chi connectivity index (χ4n) is 2.95. The van der Waals surface area contributed by atoms with E-state index >= 15 is 0 Å². The van der Waals surface area contributed by atoms with E-state index < -0.39 is 5.72 Å². The van der Waals surface area contributed by atoms with Crippen molar-refractivity contribution in [2.75, 3.05) is 13.4 Å². The molecule has 6 nitrogen and oxygen atoms in total. The molecule has 22 heavy (non-hydrogen) atoms. The first-order valence-corrected chi connectivity index (χ1v) is 7.62. The molecule has 2 aliphatic heterocycles. The average Bonchev–Trinajstić information content (AvgIpc) is 3.17. The van der Waals surface area contributed by atoms with Gasteiger partial charge in [-0.2, -0.15) is 0 Å². The molecular weight excluding hydrogens is 286 g/mol. The molecule has 0 aliphatic carbocycles. The Labute approximate surface area is 129 Å². The monoisotopic (exact) mass is 307 g/mol. The van der Waals surface area contributed by atoms with Crippen LogP contribution in [-0.4, -0.2) is 31.1 Å². The van der Waals surface area contributed by atoms with Crippen LogP contribution in [0.5, 0.6) is 17.2 Å². The van der Waals surface area contributed by atoms with Crippen molar-refractivity contribution in [3.05, 3.63) is 18.2 Å². The van der Waals surface area contributed by atoms with Crippen LogP contribution in [0.25, 0.3) is 0 Å². The second-order valence-corrected chi connectivity index (χ2v) is 5.54. The number of fused-ring (bicyclic) bond motifs is 1. The summed E-state index contributed by atoms with van der Waals surface area (Å²) in [6, 6.07) is 5.40. The highest BCUT2D eigenvalue weighted by molar-refractivity contribution is 5.73. The third-order valence-corrected chi connectivity index (χ3v) is 4.01. The number of carbonyl (C=O) groups is 1. The van der Waals surface area contributed by atoms with Crippen molar-refractivity contribution in [1.82, 2.24) is 5.32 Å². The van der Waals surface area contributed by atoms with E-state index in [0.29, 0.717) is 30.3 Å². The zero-order chi connectivity index (χ0) is 15.6. The first kappa shape index (κ1) is 15.0. The summed E-state index contributed by atoms with van der Waals surface area (Å²) in [6.07, 6.45) is 2.27. The summed E-state index contributed by atoms with van der Waals surface area (Å²) in [4.78, 5) is 11.7. The third-order valence-electron chi connectivity index (χ3n) is 4.01. The second-order valence-electron chi connectivity index (χ2n) is 5.54. The minimum Gasteiger partial charge on any atom is -0.465 e. The quantitative estimate of drug-likeness (QED) is 0.845. The molecule has 1 fully saturated rings. The molecule has 1 amide bonds. The van der Waals surface area contributed by atoms with Crippen molar-refractivity contribution in [2.24, 2.45) is 0 Å². The number of benzene rings is 1. The summed E-state index contributed by atoms with van der Waals surface area (Å²) in [6.45, 7) is 4.37. The number of ether oxygens (including phenoxy) is 4. The molecule has 0 spiro atoms. The highest BCUT2D eigenvalue weighted by Gasteiger charge is 2.43. The summed E-state index contributed by atoms with van der Waals surface area (Å²) in [5.41, 5.74) is -0.865. The maximum atomic E-state index is 11.7. The molecule has 1 aromatic carbocycles. The first-order chi connectivity index (χ1) is 10.6. The predicted molar refractivity (Wildman–Crippen MR) is 79.0 cm³/mol. The van der Waals surface area contributed by atoms with E-state index in [9.17, 15) is 4.79 Å². The Bertz CT molecular complexity index is 555. The maximum Gasteiger partial charge on any atom is 0.231 e. The third kappa shape index (κ3) is 2.83. The molecule has 120 valence electrons. The molecule has 0 bridgehead atoms. The number of rotatable bonds is 5. The summed E-state index contributed by atoms with van der Waals surface area (Å²) >= 11 is 0. The van der Waals surface area contributed by atoms with E-state index in [1.165, 1.54) is 6.92 Å². The molecule has 3 rings (SSSR count). The van der Waals surface area contributed by atoms with Gasteiger partial charge in [-0.3, -0.25) is 4.79 Å². The Hall–Kier alpha value is -1.95. The molecule has 0 aromatic heterocycles. The van der Waals surface area contributed by atoms with E-state index in [4.69, 9.17) is 18.9 Å². The Balaban J connectivity index is 1.86. The Morgan fingerprint density at radius 1 is 1.41 bits per heavy atom. The summed E-state index contributed by atoms with van der Waals surface area (Å²) < 4.78 is 22.6. The molecule has 1 aromatic rings. The maximum absolute atomic E-state index is 11.7. The zero-order valence-electron chi connectivity index (χ0n) is 12.9. The normalized spacial score (nSPS) is 22.2. The topological polar surface area (TPSA) is 66.0 Å². The molecule has 6 heteroatoms. The molecule has 2 unspecified atom stereocenters. The highest BCUT2D eigenvalue weighted by Crippen LogP contribution is 2.37. The molecule has 2 aliphatic rings. The van der Waals surface area contributed by atoms with E-state index in [2.05, 4.69) is 5.32 Å². The van der Waals surface area contributed by atoms with E-state index in [1.54, 1.807) is 12.1 Å². The molecule has 2 heterocycles. The Morgan fingerprint density at radius 2 is 2.23 bits per heavy atom. The number of hydrogen-bond donors (Lipinski definition) is 1. The van der Waals surface area contributed by atoms with Crippen molar-refractivity contribution in [1.29, 1.82) is 0 Å². The summed E-state index contributed by atoms with van der Waals surface area (Å²) in [5, 5.41) is 2.94. The van der Waals surface area contributed by atoms with Gasteiger partial charge >= 0.3 is 0 Å². The molecule has 1 saturated heterocycles. The lowest BCUT2D eigenvalue weighted by Crippen LogP contribution is -2.59. The molecule has 2 atom stereocenters. The van der Waals surface area contributed by atoms with Crippen molar-refractivity contribution in [2.45, 2.75) is 44.9 Å². The minimum absolute atomic E-state index is 0.141. The lowest BCUT2D eigenvalue weighted by Gasteiger charge is -2.38. The van der Waals surface area contributed by atoms with Crippen molar-refractivity contribution < 1.29 is 23.7 Å². The molecular formula is C16H21NO5. The van der Waals surface area contributed by atoms with Gasteiger partial charge in [0, 0.05) is 26.0 Å². The lowest BCUT2D eigenvalue weighted by atomic mass is 10.00. The van der Waals surface area contributed by atoms with Crippen LogP contribution in [0.4, 0.5) is 0 Å². The molecule has 0 saturated carbocycles. The number of nitrogens with one attached hydrogen (secondary N) is 1. The van der Waals surface area contributed by atoms with Gasteiger partial charge in [-0.1, -0.05) is 6.92 Å². The number of amides is 1. The van der Waals surface area contributed by atoms with Gasteiger partial charge in [0.2, 0.25) is 18.4 Å². The Kier molecular flexibility index (Phi) is 4.11.